The van der Waals surface area contributed by atoms with Gasteiger partial charge in [0.2, 0.25) is 11.8 Å². The molecule has 0 saturated carbocycles. The monoisotopic (exact) mass is 470 g/mol. The van der Waals surface area contributed by atoms with Gasteiger partial charge in [0.1, 0.15) is 11.6 Å². The van der Waals surface area contributed by atoms with Crippen molar-refractivity contribution in [3.63, 3.8) is 0 Å². The van der Waals surface area contributed by atoms with Crippen molar-refractivity contribution in [1.82, 2.24) is 9.97 Å². The summed E-state index contributed by atoms with van der Waals surface area (Å²) < 4.78 is 5.25. The van der Waals surface area contributed by atoms with E-state index in [-0.39, 0.29) is 23.7 Å². The Hall–Kier alpha value is -3.30. The molecule has 0 radical (unpaired) electrons. The molecular weight excluding hydrogens is 452 g/mol. The minimum absolute atomic E-state index is 0.101. The number of nitrogens with one attached hydrogen (secondary N) is 3. The molecule has 0 aliphatic carbocycles. The maximum absolute atomic E-state index is 13.0. The molecule has 164 valence electrons. The molecule has 1 atom stereocenters. The maximum Gasteiger partial charge on any atom is 0.257 e. The first-order valence-corrected chi connectivity index (χ1v) is 11.1. The third-order valence-corrected chi connectivity index (χ3v) is 6.10. The van der Waals surface area contributed by atoms with Crippen molar-refractivity contribution in [3.8, 4) is 5.75 Å². The number of para-hydroxylation sites is 2. The van der Waals surface area contributed by atoms with E-state index in [1.807, 2.05) is 12.1 Å². The smallest absolute Gasteiger partial charge is 0.257 e. The standard InChI is InChI=1S/C22H19ClN4O4S/c1-31-16-5-3-2-4-15(16)24-20(29)14-10-17(28)25-19-18(14)21(30)27-22(26-19)32-11-12-6-8-13(23)9-7-12/h2-9,14H,10-11H2,1H3,(H,24,29)(H2,25,26,27,28,30)/t14-/m0/s1. The minimum atomic E-state index is -0.977. The number of rotatable bonds is 6. The zero-order chi connectivity index (χ0) is 22.7. The number of ether oxygens (including phenoxy) is 1. The number of nitrogens with zero attached hydrogens (tertiary/aromatic N) is 1. The summed E-state index contributed by atoms with van der Waals surface area (Å²) in [6.07, 6.45) is -0.157. The summed E-state index contributed by atoms with van der Waals surface area (Å²) in [4.78, 5) is 45.2. The third-order valence-electron chi connectivity index (χ3n) is 4.90. The molecule has 8 nitrogen and oxygen atoms in total. The molecular formula is C22H19ClN4O4S. The number of amides is 2. The van der Waals surface area contributed by atoms with Crippen LogP contribution in [0.25, 0.3) is 0 Å². The fourth-order valence-electron chi connectivity index (χ4n) is 3.34. The van der Waals surface area contributed by atoms with Crippen LogP contribution in [0.3, 0.4) is 0 Å². The van der Waals surface area contributed by atoms with Crippen LogP contribution in [0.1, 0.15) is 23.5 Å². The number of benzene rings is 2. The first-order valence-electron chi connectivity index (χ1n) is 9.70. The number of carbonyl (C=O) groups is 2. The summed E-state index contributed by atoms with van der Waals surface area (Å²) in [6, 6.07) is 14.2. The highest BCUT2D eigenvalue weighted by Gasteiger charge is 2.35. The number of thioether (sulfide) groups is 1. The van der Waals surface area contributed by atoms with E-state index in [1.165, 1.54) is 18.9 Å². The van der Waals surface area contributed by atoms with Gasteiger partial charge < -0.3 is 20.4 Å². The second-order valence-corrected chi connectivity index (χ2v) is 8.44. The van der Waals surface area contributed by atoms with E-state index in [0.29, 0.717) is 27.4 Å². The van der Waals surface area contributed by atoms with Gasteiger partial charge in [0, 0.05) is 17.2 Å². The molecule has 4 rings (SSSR count). The number of hydrogen-bond acceptors (Lipinski definition) is 6. The first kappa shape index (κ1) is 21.9. The van der Waals surface area contributed by atoms with Crippen molar-refractivity contribution in [1.29, 1.82) is 0 Å². The molecule has 0 fully saturated rings. The molecule has 3 N–H and O–H groups in total. The lowest BCUT2D eigenvalue weighted by atomic mass is 9.92. The number of aromatic nitrogens is 2. The predicted molar refractivity (Wildman–Crippen MR) is 123 cm³/mol. The first-order chi connectivity index (χ1) is 15.4. The molecule has 0 bridgehead atoms. The van der Waals surface area contributed by atoms with Gasteiger partial charge in [-0.2, -0.15) is 0 Å². The van der Waals surface area contributed by atoms with E-state index in [2.05, 4.69) is 20.6 Å². The zero-order valence-corrected chi connectivity index (χ0v) is 18.5. The normalized spacial score (nSPS) is 14.9. The number of H-pyrrole nitrogens is 1. The molecule has 2 amide bonds. The van der Waals surface area contributed by atoms with Crippen LogP contribution in [0.2, 0.25) is 5.02 Å². The predicted octanol–water partition coefficient (Wildman–Crippen LogP) is 3.79. The second-order valence-electron chi connectivity index (χ2n) is 7.04. The van der Waals surface area contributed by atoms with Crippen LogP contribution in [0, 0.1) is 0 Å². The largest absolute Gasteiger partial charge is 0.495 e. The number of aromatic amines is 1. The fourth-order valence-corrected chi connectivity index (χ4v) is 4.29. The Morgan fingerprint density at radius 1 is 1.22 bits per heavy atom. The maximum atomic E-state index is 13.0. The van der Waals surface area contributed by atoms with Crippen molar-refractivity contribution in [2.75, 3.05) is 17.7 Å². The molecule has 0 saturated heterocycles. The van der Waals surface area contributed by atoms with E-state index >= 15 is 0 Å². The Morgan fingerprint density at radius 3 is 2.72 bits per heavy atom. The molecule has 2 aromatic carbocycles. The molecule has 10 heteroatoms. The van der Waals surface area contributed by atoms with Gasteiger partial charge in [-0.3, -0.25) is 14.4 Å². The van der Waals surface area contributed by atoms with Gasteiger partial charge in [-0.15, -0.1) is 0 Å². The van der Waals surface area contributed by atoms with E-state index in [0.717, 1.165) is 5.56 Å². The molecule has 32 heavy (non-hydrogen) atoms. The van der Waals surface area contributed by atoms with E-state index in [4.69, 9.17) is 16.3 Å². The third kappa shape index (κ3) is 4.79. The van der Waals surface area contributed by atoms with Crippen LogP contribution in [0.4, 0.5) is 11.5 Å². The van der Waals surface area contributed by atoms with Crippen LogP contribution in [0.15, 0.2) is 58.5 Å². The number of halogens is 1. The highest BCUT2D eigenvalue weighted by Crippen LogP contribution is 2.32. The molecule has 2 heterocycles. The van der Waals surface area contributed by atoms with Crippen LogP contribution in [0.5, 0.6) is 5.75 Å². The Labute approximate surface area is 192 Å². The summed E-state index contributed by atoms with van der Waals surface area (Å²) in [5, 5.41) is 6.34. The SMILES string of the molecule is COc1ccccc1NC(=O)[C@H]1CC(=O)Nc2nc(SCc3ccc(Cl)cc3)[nH]c(=O)c21. The molecule has 3 aromatic rings. The quantitative estimate of drug-likeness (QED) is 0.373. The summed E-state index contributed by atoms with van der Waals surface area (Å²) >= 11 is 7.21. The highest BCUT2D eigenvalue weighted by molar-refractivity contribution is 7.98. The number of hydrogen-bond donors (Lipinski definition) is 3. The molecule has 1 aliphatic heterocycles. The minimum Gasteiger partial charge on any atom is -0.495 e. The van der Waals surface area contributed by atoms with Crippen LogP contribution >= 0.6 is 23.4 Å². The lowest BCUT2D eigenvalue weighted by Crippen LogP contribution is -2.36. The Bertz CT molecular complexity index is 1230. The Morgan fingerprint density at radius 2 is 1.97 bits per heavy atom. The summed E-state index contributed by atoms with van der Waals surface area (Å²) in [5.74, 6) is -0.727. The molecule has 0 unspecified atom stereocenters. The highest BCUT2D eigenvalue weighted by atomic mass is 35.5. The van der Waals surface area contributed by atoms with E-state index in [1.54, 1.807) is 36.4 Å². The number of anilines is 2. The fraction of sp³-hybridized carbons (Fsp3) is 0.182. The van der Waals surface area contributed by atoms with Crippen molar-refractivity contribution in [3.05, 3.63) is 75.0 Å². The number of carbonyl (C=O) groups excluding carboxylic acids is 2. The van der Waals surface area contributed by atoms with E-state index in [9.17, 15) is 14.4 Å². The number of fused-ring (bicyclic) bond motifs is 1. The summed E-state index contributed by atoms with van der Waals surface area (Å²) in [5.41, 5.74) is 1.12. The van der Waals surface area contributed by atoms with Crippen molar-refractivity contribution in [2.45, 2.75) is 23.2 Å². The van der Waals surface area contributed by atoms with Crippen LogP contribution in [-0.4, -0.2) is 28.9 Å². The molecule has 1 aliphatic rings. The van der Waals surface area contributed by atoms with E-state index < -0.39 is 17.4 Å². The average Bonchev–Trinajstić information content (AvgIpc) is 2.78. The topological polar surface area (TPSA) is 113 Å². The van der Waals surface area contributed by atoms with Crippen LogP contribution < -0.4 is 20.9 Å². The van der Waals surface area contributed by atoms with Gasteiger partial charge in [-0.25, -0.2) is 4.98 Å². The van der Waals surface area contributed by atoms with Crippen molar-refractivity contribution < 1.29 is 14.3 Å². The van der Waals surface area contributed by atoms with Gasteiger partial charge in [0.05, 0.1) is 24.3 Å². The van der Waals surface area contributed by atoms with Gasteiger partial charge >= 0.3 is 0 Å². The van der Waals surface area contributed by atoms with Crippen molar-refractivity contribution in [2.24, 2.45) is 0 Å². The van der Waals surface area contributed by atoms with Gasteiger partial charge in [-0.05, 0) is 29.8 Å². The summed E-state index contributed by atoms with van der Waals surface area (Å²) in [6.45, 7) is 0. The molecule has 0 spiro atoms. The van der Waals surface area contributed by atoms with Gasteiger partial charge in [0.15, 0.2) is 5.16 Å². The zero-order valence-electron chi connectivity index (χ0n) is 17.0. The average molecular weight is 471 g/mol. The van der Waals surface area contributed by atoms with Crippen molar-refractivity contribution >= 4 is 46.7 Å². The Kier molecular flexibility index (Phi) is 6.48. The Balaban J connectivity index is 1.57. The molecule has 1 aromatic heterocycles. The van der Waals surface area contributed by atoms with Gasteiger partial charge in [0.25, 0.3) is 5.56 Å². The summed E-state index contributed by atoms with van der Waals surface area (Å²) in [7, 11) is 1.49. The number of methoxy groups -OCH3 is 1. The second kappa shape index (κ2) is 9.46. The lowest BCUT2D eigenvalue weighted by Gasteiger charge is -2.23. The van der Waals surface area contributed by atoms with Crippen LogP contribution in [-0.2, 0) is 15.3 Å². The lowest BCUT2D eigenvalue weighted by molar-refractivity contribution is -0.123. The van der Waals surface area contributed by atoms with Gasteiger partial charge in [-0.1, -0.05) is 47.6 Å².